The number of nitrogens with one attached hydrogen (secondary N) is 1. The fraction of sp³-hybridized carbons (Fsp3) is 0.250. The zero-order chi connectivity index (χ0) is 12.7. The summed E-state index contributed by atoms with van der Waals surface area (Å²) in [5.74, 6) is 0. The molecule has 0 saturated heterocycles. The maximum Gasteiger partial charge on any atom is 0.179 e. The number of nitrogens with zero attached hydrogens (tertiary/aromatic N) is 4. The Hall–Kier alpha value is -1.95. The van der Waals surface area contributed by atoms with Crippen molar-refractivity contribution in [2.75, 3.05) is 0 Å². The van der Waals surface area contributed by atoms with Crippen LogP contribution in [0.15, 0.2) is 24.5 Å². The van der Waals surface area contributed by atoms with E-state index in [1.807, 2.05) is 41.5 Å². The molecule has 0 aliphatic rings. The minimum absolute atomic E-state index is 0.687. The van der Waals surface area contributed by atoms with Crippen molar-refractivity contribution < 1.29 is 0 Å². The van der Waals surface area contributed by atoms with Gasteiger partial charge in [-0.25, -0.2) is 4.98 Å². The van der Waals surface area contributed by atoms with E-state index in [-0.39, 0.29) is 0 Å². The molecule has 0 atom stereocenters. The number of aromatic nitrogens is 5. The van der Waals surface area contributed by atoms with Crippen molar-refractivity contribution in [3.8, 4) is 0 Å². The minimum atomic E-state index is 0.687. The van der Waals surface area contributed by atoms with Crippen molar-refractivity contribution in [2.24, 2.45) is 7.05 Å². The van der Waals surface area contributed by atoms with Crippen LogP contribution in [-0.4, -0.2) is 24.3 Å². The second kappa shape index (κ2) is 4.06. The summed E-state index contributed by atoms with van der Waals surface area (Å²) >= 11 is 5.34. The molecule has 3 heterocycles. The lowest BCUT2D eigenvalue weighted by atomic mass is 10.2. The summed E-state index contributed by atoms with van der Waals surface area (Å²) in [6.07, 6.45) is 3.65. The number of pyridine rings is 1. The summed E-state index contributed by atoms with van der Waals surface area (Å²) in [6.45, 7) is 2.74. The molecule has 0 radical (unpaired) electrons. The van der Waals surface area contributed by atoms with Crippen molar-refractivity contribution >= 4 is 23.4 Å². The smallest absolute Gasteiger partial charge is 0.179 e. The van der Waals surface area contributed by atoms with Gasteiger partial charge in [-0.05, 0) is 31.3 Å². The van der Waals surface area contributed by atoms with E-state index in [9.17, 15) is 0 Å². The highest BCUT2D eigenvalue weighted by atomic mass is 32.1. The van der Waals surface area contributed by atoms with Crippen LogP contribution in [0.25, 0.3) is 11.2 Å². The van der Waals surface area contributed by atoms with Crippen molar-refractivity contribution in [1.29, 1.82) is 0 Å². The largest absolute Gasteiger partial charge is 0.329 e. The van der Waals surface area contributed by atoms with Gasteiger partial charge in [-0.15, -0.1) is 0 Å². The van der Waals surface area contributed by atoms with E-state index < -0.39 is 0 Å². The van der Waals surface area contributed by atoms with Gasteiger partial charge in [0.05, 0.1) is 18.3 Å². The Balaban J connectivity index is 2.13. The molecule has 3 aromatic rings. The molecule has 18 heavy (non-hydrogen) atoms. The molecule has 92 valence electrons. The monoisotopic (exact) mass is 259 g/mol. The second-order valence-electron chi connectivity index (χ2n) is 4.27. The molecular weight excluding hydrogens is 246 g/mol. The van der Waals surface area contributed by atoms with Gasteiger partial charge in [0.25, 0.3) is 0 Å². The summed E-state index contributed by atoms with van der Waals surface area (Å²) in [4.78, 5) is 7.53. The number of hydrogen-bond acceptors (Lipinski definition) is 3. The van der Waals surface area contributed by atoms with E-state index >= 15 is 0 Å². The topological polar surface area (TPSA) is 51.4 Å². The number of fused-ring (bicyclic) bond motifs is 1. The normalized spacial score (nSPS) is 11.2. The van der Waals surface area contributed by atoms with Crippen LogP contribution in [0.3, 0.4) is 0 Å². The van der Waals surface area contributed by atoms with Gasteiger partial charge in [-0.2, -0.15) is 5.10 Å². The van der Waals surface area contributed by atoms with E-state index in [2.05, 4.69) is 15.1 Å². The molecule has 0 saturated carbocycles. The second-order valence-corrected chi connectivity index (χ2v) is 4.66. The van der Waals surface area contributed by atoms with Gasteiger partial charge in [-0.3, -0.25) is 9.25 Å². The number of aryl methyl sites for hydroxylation is 1. The maximum atomic E-state index is 5.34. The first-order valence-electron chi connectivity index (χ1n) is 5.68. The molecule has 0 spiro atoms. The van der Waals surface area contributed by atoms with Crippen molar-refractivity contribution in [3.05, 3.63) is 40.6 Å². The molecule has 5 nitrogen and oxygen atoms in total. The molecule has 6 heteroatoms. The lowest BCUT2D eigenvalue weighted by Gasteiger charge is -2.03. The Morgan fingerprint density at radius 2 is 2.28 bits per heavy atom. The van der Waals surface area contributed by atoms with Crippen molar-refractivity contribution in [3.63, 3.8) is 0 Å². The average Bonchev–Trinajstić information content (AvgIpc) is 2.85. The van der Waals surface area contributed by atoms with Crippen LogP contribution in [0, 0.1) is 11.7 Å². The highest BCUT2D eigenvalue weighted by Crippen LogP contribution is 2.14. The lowest BCUT2D eigenvalue weighted by Crippen LogP contribution is -2.02. The predicted octanol–water partition coefficient (Wildman–Crippen LogP) is 2.18. The fourth-order valence-corrected chi connectivity index (χ4v) is 2.27. The number of hydrogen-bond donors (Lipinski definition) is 1. The third-order valence-corrected chi connectivity index (χ3v) is 3.52. The van der Waals surface area contributed by atoms with E-state index in [0.29, 0.717) is 11.3 Å². The molecule has 0 aromatic carbocycles. The quantitative estimate of drug-likeness (QED) is 0.718. The average molecular weight is 259 g/mol. The summed E-state index contributed by atoms with van der Waals surface area (Å²) < 4.78 is 4.54. The molecule has 0 unspecified atom stereocenters. The molecular formula is C12H13N5S. The fourth-order valence-electron chi connectivity index (χ4n) is 2.00. The van der Waals surface area contributed by atoms with Crippen LogP contribution in [-0.2, 0) is 13.6 Å². The highest BCUT2D eigenvalue weighted by molar-refractivity contribution is 7.71. The van der Waals surface area contributed by atoms with Crippen molar-refractivity contribution in [1.82, 2.24) is 24.3 Å². The first-order valence-corrected chi connectivity index (χ1v) is 6.08. The summed E-state index contributed by atoms with van der Waals surface area (Å²) in [7, 11) is 1.94. The first kappa shape index (κ1) is 11.2. The van der Waals surface area contributed by atoms with Crippen LogP contribution in [0.2, 0.25) is 0 Å². The minimum Gasteiger partial charge on any atom is -0.329 e. The van der Waals surface area contributed by atoms with E-state index in [0.717, 1.165) is 22.4 Å². The van der Waals surface area contributed by atoms with Crippen LogP contribution < -0.4 is 0 Å². The molecule has 3 rings (SSSR count). The molecule has 0 aliphatic heterocycles. The zero-order valence-electron chi connectivity index (χ0n) is 10.2. The van der Waals surface area contributed by atoms with Gasteiger partial charge in [0.2, 0.25) is 0 Å². The van der Waals surface area contributed by atoms with Crippen molar-refractivity contribution in [2.45, 2.75) is 13.5 Å². The summed E-state index contributed by atoms with van der Waals surface area (Å²) in [6, 6.07) is 3.87. The van der Waals surface area contributed by atoms with E-state index in [1.54, 1.807) is 6.20 Å². The van der Waals surface area contributed by atoms with Gasteiger partial charge < -0.3 is 4.98 Å². The Labute approximate surface area is 109 Å². The van der Waals surface area contributed by atoms with E-state index in [1.165, 1.54) is 0 Å². The zero-order valence-corrected chi connectivity index (χ0v) is 11.0. The van der Waals surface area contributed by atoms with Crippen LogP contribution in [0.5, 0.6) is 0 Å². The molecule has 0 fully saturated rings. The maximum absolute atomic E-state index is 5.34. The third-order valence-electron chi connectivity index (χ3n) is 3.19. The molecule has 0 aliphatic carbocycles. The third kappa shape index (κ3) is 1.65. The van der Waals surface area contributed by atoms with Gasteiger partial charge in [0.15, 0.2) is 10.4 Å². The SMILES string of the molecule is Cc1c(Cn2c(=S)[nH]c3cccnc32)cnn1C. The Morgan fingerprint density at radius 3 is 3.00 bits per heavy atom. The molecule has 0 amide bonds. The standard InChI is InChI=1S/C12H13N5S/c1-8-9(6-14-16(8)2)7-17-11-10(15-12(17)18)4-3-5-13-11/h3-6H,7H2,1-2H3,(H,15,18). The van der Waals surface area contributed by atoms with Gasteiger partial charge in [0, 0.05) is 24.5 Å². The predicted molar refractivity (Wildman–Crippen MR) is 72.0 cm³/mol. The van der Waals surface area contributed by atoms with Crippen LogP contribution >= 0.6 is 12.2 Å². The van der Waals surface area contributed by atoms with Gasteiger partial charge >= 0.3 is 0 Å². The first-order chi connectivity index (χ1) is 8.66. The molecule has 0 bridgehead atoms. The summed E-state index contributed by atoms with van der Waals surface area (Å²) in [5.41, 5.74) is 4.14. The summed E-state index contributed by atoms with van der Waals surface area (Å²) in [5, 5.41) is 4.25. The number of imidazole rings is 1. The number of aromatic amines is 1. The highest BCUT2D eigenvalue weighted by Gasteiger charge is 2.09. The van der Waals surface area contributed by atoms with Gasteiger partial charge in [-0.1, -0.05) is 0 Å². The van der Waals surface area contributed by atoms with Gasteiger partial charge in [0.1, 0.15) is 0 Å². The Kier molecular flexibility index (Phi) is 2.52. The van der Waals surface area contributed by atoms with Crippen LogP contribution in [0.1, 0.15) is 11.3 Å². The van der Waals surface area contributed by atoms with E-state index in [4.69, 9.17) is 12.2 Å². The molecule has 3 aromatic heterocycles. The number of rotatable bonds is 2. The van der Waals surface area contributed by atoms with Crippen LogP contribution in [0.4, 0.5) is 0 Å². The molecule has 1 N–H and O–H groups in total. The Morgan fingerprint density at radius 1 is 1.44 bits per heavy atom. The lowest BCUT2D eigenvalue weighted by molar-refractivity contribution is 0.731. The number of H-pyrrole nitrogens is 1. The Bertz CT molecular complexity index is 764.